The van der Waals surface area contributed by atoms with Gasteiger partial charge in [-0.2, -0.15) is 5.10 Å². The van der Waals surface area contributed by atoms with Gasteiger partial charge in [0.05, 0.1) is 17.8 Å². The molecule has 0 N–H and O–H groups in total. The van der Waals surface area contributed by atoms with Gasteiger partial charge >= 0.3 is 0 Å². The molecule has 4 heterocycles. The quantitative estimate of drug-likeness (QED) is 0.772. The van der Waals surface area contributed by atoms with Gasteiger partial charge in [-0.15, -0.1) is 0 Å². The van der Waals surface area contributed by atoms with E-state index in [1.54, 1.807) is 15.8 Å². The maximum atomic E-state index is 12.6. The minimum atomic E-state index is -0.289. The van der Waals surface area contributed by atoms with Crippen molar-refractivity contribution in [3.05, 3.63) is 12.4 Å². The standard InChI is InChI=1S/C15H20N4O3/c1-17-8-11(5-16-17)19-7-10-6-18(9-12(10)14(19)20)15(21)13-3-2-4-22-13/h5,8,10,12-13H,2-4,6-7,9H2,1H3/t10-,12-,13+/m0/s1. The molecule has 4 rings (SSSR count). The summed E-state index contributed by atoms with van der Waals surface area (Å²) < 4.78 is 7.17. The van der Waals surface area contributed by atoms with E-state index in [2.05, 4.69) is 5.10 Å². The van der Waals surface area contributed by atoms with E-state index in [0.717, 1.165) is 18.5 Å². The van der Waals surface area contributed by atoms with Crippen LogP contribution in [0.4, 0.5) is 5.69 Å². The summed E-state index contributed by atoms with van der Waals surface area (Å²) >= 11 is 0. The SMILES string of the molecule is Cn1cc(N2C[C@@H]3CN(C(=O)[C@H]4CCCO4)C[C@@H]3C2=O)cn1. The predicted molar refractivity (Wildman–Crippen MR) is 78.1 cm³/mol. The molecule has 0 spiro atoms. The number of hydrogen-bond acceptors (Lipinski definition) is 4. The minimum absolute atomic E-state index is 0.0626. The first kappa shape index (κ1) is 13.8. The number of ether oxygens (including phenoxy) is 1. The first-order valence-electron chi connectivity index (χ1n) is 7.84. The van der Waals surface area contributed by atoms with E-state index >= 15 is 0 Å². The molecular formula is C15H20N4O3. The first-order chi connectivity index (χ1) is 10.6. The number of nitrogens with zero attached hydrogens (tertiary/aromatic N) is 4. The van der Waals surface area contributed by atoms with Crippen molar-refractivity contribution >= 4 is 17.5 Å². The molecule has 22 heavy (non-hydrogen) atoms. The van der Waals surface area contributed by atoms with E-state index in [1.165, 1.54) is 0 Å². The molecule has 7 nitrogen and oxygen atoms in total. The smallest absolute Gasteiger partial charge is 0.251 e. The molecule has 1 aromatic heterocycles. The number of amides is 2. The van der Waals surface area contributed by atoms with Crippen molar-refractivity contribution in [1.29, 1.82) is 0 Å². The van der Waals surface area contributed by atoms with Crippen molar-refractivity contribution in [1.82, 2.24) is 14.7 Å². The average molecular weight is 304 g/mol. The molecule has 3 fully saturated rings. The van der Waals surface area contributed by atoms with E-state index < -0.39 is 0 Å². The van der Waals surface area contributed by atoms with Crippen LogP contribution in [-0.4, -0.2) is 58.8 Å². The van der Waals surface area contributed by atoms with E-state index in [0.29, 0.717) is 26.2 Å². The Morgan fingerprint density at radius 1 is 1.36 bits per heavy atom. The molecule has 3 aliphatic rings. The van der Waals surface area contributed by atoms with E-state index in [4.69, 9.17) is 4.74 Å². The monoisotopic (exact) mass is 304 g/mol. The molecule has 0 aliphatic carbocycles. The van der Waals surface area contributed by atoms with Crippen LogP contribution >= 0.6 is 0 Å². The molecule has 3 saturated heterocycles. The highest BCUT2D eigenvalue weighted by Gasteiger charge is 2.49. The Hall–Kier alpha value is -1.89. The summed E-state index contributed by atoms with van der Waals surface area (Å²) in [5.41, 5.74) is 0.846. The zero-order chi connectivity index (χ0) is 15.3. The second-order valence-corrected chi connectivity index (χ2v) is 6.43. The van der Waals surface area contributed by atoms with Crippen LogP contribution in [0.25, 0.3) is 0 Å². The number of anilines is 1. The number of carbonyl (C=O) groups is 2. The Labute approximate surface area is 128 Å². The fourth-order valence-electron chi connectivity index (χ4n) is 3.80. The minimum Gasteiger partial charge on any atom is -0.368 e. The Balaban J connectivity index is 1.44. The zero-order valence-electron chi connectivity index (χ0n) is 12.6. The lowest BCUT2D eigenvalue weighted by molar-refractivity contribution is -0.140. The van der Waals surface area contributed by atoms with Gasteiger partial charge in [-0.1, -0.05) is 0 Å². The van der Waals surface area contributed by atoms with Crippen molar-refractivity contribution in [2.45, 2.75) is 18.9 Å². The van der Waals surface area contributed by atoms with Crippen LogP contribution in [0.2, 0.25) is 0 Å². The molecular weight excluding hydrogens is 284 g/mol. The second-order valence-electron chi connectivity index (χ2n) is 6.43. The molecule has 0 bridgehead atoms. The fourth-order valence-corrected chi connectivity index (χ4v) is 3.80. The Morgan fingerprint density at radius 3 is 2.86 bits per heavy atom. The summed E-state index contributed by atoms with van der Waals surface area (Å²) in [5, 5.41) is 4.13. The third kappa shape index (κ3) is 2.11. The van der Waals surface area contributed by atoms with Gasteiger partial charge in [0.1, 0.15) is 6.10 Å². The van der Waals surface area contributed by atoms with Gasteiger partial charge in [0.15, 0.2) is 0 Å². The molecule has 3 atom stereocenters. The third-order valence-electron chi connectivity index (χ3n) is 4.96. The molecule has 1 aromatic rings. The highest BCUT2D eigenvalue weighted by atomic mass is 16.5. The van der Waals surface area contributed by atoms with Gasteiger partial charge in [0.25, 0.3) is 5.91 Å². The van der Waals surface area contributed by atoms with E-state index in [1.807, 2.05) is 18.1 Å². The molecule has 7 heteroatoms. The maximum Gasteiger partial charge on any atom is 0.251 e. The summed E-state index contributed by atoms with van der Waals surface area (Å²) in [6.07, 6.45) is 5.04. The van der Waals surface area contributed by atoms with Crippen molar-refractivity contribution in [3.63, 3.8) is 0 Å². The number of aromatic nitrogens is 2. The fraction of sp³-hybridized carbons (Fsp3) is 0.667. The van der Waals surface area contributed by atoms with Crippen LogP contribution in [0.15, 0.2) is 12.4 Å². The Bertz CT molecular complexity index is 608. The summed E-state index contributed by atoms with van der Waals surface area (Å²) in [4.78, 5) is 28.6. The molecule has 0 aromatic carbocycles. The molecule has 0 unspecified atom stereocenters. The summed E-state index contributed by atoms with van der Waals surface area (Å²) in [6.45, 7) is 2.53. The summed E-state index contributed by atoms with van der Waals surface area (Å²) in [6, 6.07) is 0. The van der Waals surface area contributed by atoms with Gasteiger partial charge in [-0.05, 0) is 12.8 Å². The molecule has 0 saturated carbocycles. The lowest BCUT2D eigenvalue weighted by atomic mass is 10.0. The van der Waals surface area contributed by atoms with Gasteiger partial charge < -0.3 is 14.5 Å². The largest absolute Gasteiger partial charge is 0.368 e. The number of hydrogen-bond donors (Lipinski definition) is 0. The van der Waals surface area contributed by atoms with Gasteiger partial charge in [0, 0.05) is 45.4 Å². The van der Waals surface area contributed by atoms with Crippen LogP contribution in [0, 0.1) is 11.8 Å². The average Bonchev–Trinajstić information content (AvgIpc) is 3.24. The van der Waals surface area contributed by atoms with Crippen molar-refractivity contribution in [3.8, 4) is 0 Å². The highest BCUT2D eigenvalue weighted by molar-refractivity contribution is 5.98. The van der Waals surface area contributed by atoms with Gasteiger partial charge in [-0.3, -0.25) is 14.3 Å². The lowest BCUT2D eigenvalue weighted by Gasteiger charge is -2.23. The first-order valence-corrected chi connectivity index (χ1v) is 7.84. The van der Waals surface area contributed by atoms with Crippen molar-refractivity contribution < 1.29 is 14.3 Å². The maximum absolute atomic E-state index is 12.6. The highest BCUT2D eigenvalue weighted by Crippen LogP contribution is 2.35. The lowest BCUT2D eigenvalue weighted by Crippen LogP contribution is -2.40. The topological polar surface area (TPSA) is 67.7 Å². The number of likely N-dealkylation sites (tertiary alicyclic amines) is 1. The van der Waals surface area contributed by atoms with Crippen molar-refractivity contribution in [2.75, 3.05) is 31.1 Å². The predicted octanol–water partition coefficient (Wildman–Crippen LogP) is 0.0203. The molecule has 0 radical (unpaired) electrons. The zero-order valence-corrected chi connectivity index (χ0v) is 12.6. The van der Waals surface area contributed by atoms with Crippen LogP contribution in [-0.2, 0) is 21.4 Å². The normalized spacial score (nSPS) is 31.1. The number of fused-ring (bicyclic) bond motifs is 1. The van der Waals surface area contributed by atoms with Crippen molar-refractivity contribution in [2.24, 2.45) is 18.9 Å². The van der Waals surface area contributed by atoms with Crippen LogP contribution in [0.1, 0.15) is 12.8 Å². The van der Waals surface area contributed by atoms with Gasteiger partial charge in [0.2, 0.25) is 5.91 Å². The second kappa shape index (κ2) is 5.08. The number of carbonyl (C=O) groups excluding carboxylic acids is 2. The van der Waals surface area contributed by atoms with E-state index in [-0.39, 0.29) is 29.8 Å². The summed E-state index contributed by atoms with van der Waals surface area (Å²) in [7, 11) is 1.84. The Kier molecular flexibility index (Phi) is 3.18. The summed E-state index contributed by atoms with van der Waals surface area (Å²) in [5.74, 6) is 0.317. The van der Waals surface area contributed by atoms with Gasteiger partial charge in [-0.25, -0.2) is 0 Å². The molecule has 118 valence electrons. The Morgan fingerprint density at radius 2 is 2.23 bits per heavy atom. The molecule has 2 amide bonds. The van der Waals surface area contributed by atoms with E-state index in [9.17, 15) is 9.59 Å². The molecule has 3 aliphatic heterocycles. The van der Waals surface area contributed by atoms with Crippen LogP contribution in [0.3, 0.4) is 0 Å². The van der Waals surface area contributed by atoms with Crippen LogP contribution in [0.5, 0.6) is 0 Å². The third-order valence-corrected chi connectivity index (χ3v) is 4.96. The number of aryl methyl sites for hydroxylation is 1. The number of rotatable bonds is 2. The van der Waals surface area contributed by atoms with Crippen LogP contribution < -0.4 is 4.90 Å².